The first-order chi connectivity index (χ1) is 13.1. The molecular weight excluding hydrogens is 402 g/mol. The Balaban J connectivity index is 1.99. The Labute approximate surface area is 177 Å². The van der Waals surface area contributed by atoms with Gasteiger partial charge in [-0.3, -0.25) is 0 Å². The Bertz CT molecular complexity index is 620. The SMILES string of the molecule is CC(C)[Si]1(C(C)C)OC[C@@H]2NC(c3cccs3)C[C@@H]2O[Si](C(C)C)(C(C)C)O1. The van der Waals surface area contributed by atoms with E-state index in [4.69, 9.17) is 13.0 Å². The van der Waals surface area contributed by atoms with E-state index in [1.165, 1.54) is 4.88 Å². The van der Waals surface area contributed by atoms with Crippen LogP contribution in [0.25, 0.3) is 0 Å². The monoisotopic (exact) mass is 441 g/mol. The molecule has 0 spiro atoms. The highest BCUT2D eigenvalue weighted by atomic mass is 32.1. The molecule has 1 N–H and O–H groups in total. The van der Waals surface area contributed by atoms with Crippen molar-refractivity contribution in [1.82, 2.24) is 5.32 Å². The summed E-state index contributed by atoms with van der Waals surface area (Å²) in [5, 5.41) is 6.00. The molecule has 1 aromatic heterocycles. The van der Waals surface area contributed by atoms with Crippen molar-refractivity contribution in [3.8, 4) is 0 Å². The van der Waals surface area contributed by atoms with E-state index in [-0.39, 0.29) is 12.1 Å². The Morgan fingerprint density at radius 1 is 0.964 bits per heavy atom. The maximum atomic E-state index is 7.25. The van der Waals surface area contributed by atoms with Crippen LogP contribution >= 0.6 is 11.3 Å². The quantitative estimate of drug-likeness (QED) is 0.560. The van der Waals surface area contributed by atoms with Crippen molar-refractivity contribution >= 4 is 28.5 Å². The highest BCUT2D eigenvalue weighted by molar-refractivity contribution is 7.10. The van der Waals surface area contributed by atoms with E-state index in [1.54, 1.807) is 0 Å². The number of thiophene rings is 1. The Morgan fingerprint density at radius 3 is 2.07 bits per heavy atom. The van der Waals surface area contributed by atoms with Gasteiger partial charge in [0, 0.05) is 10.9 Å². The van der Waals surface area contributed by atoms with E-state index < -0.39 is 17.1 Å². The summed E-state index contributed by atoms with van der Waals surface area (Å²) >= 11 is 1.83. The molecule has 1 unspecified atom stereocenters. The molecule has 2 aliphatic rings. The van der Waals surface area contributed by atoms with E-state index in [9.17, 15) is 0 Å². The summed E-state index contributed by atoms with van der Waals surface area (Å²) in [6.07, 6.45) is 1.17. The molecule has 7 heteroatoms. The largest absolute Gasteiger partial charge is 0.414 e. The minimum absolute atomic E-state index is 0.162. The van der Waals surface area contributed by atoms with Crippen molar-refractivity contribution in [3.63, 3.8) is 0 Å². The van der Waals surface area contributed by atoms with Crippen LogP contribution in [-0.4, -0.2) is 35.9 Å². The first kappa shape index (κ1) is 22.7. The lowest BCUT2D eigenvalue weighted by Crippen LogP contribution is -2.65. The van der Waals surface area contributed by atoms with E-state index in [0.717, 1.165) is 6.42 Å². The van der Waals surface area contributed by atoms with Crippen LogP contribution in [0, 0.1) is 0 Å². The van der Waals surface area contributed by atoms with E-state index in [1.807, 2.05) is 11.3 Å². The third-order valence-corrected chi connectivity index (χ3v) is 17.8. The molecule has 3 atom stereocenters. The van der Waals surface area contributed by atoms with Crippen molar-refractivity contribution < 1.29 is 13.0 Å². The Morgan fingerprint density at radius 2 is 1.57 bits per heavy atom. The zero-order chi connectivity index (χ0) is 20.7. The van der Waals surface area contributed by atoms with Crippen LogP contribution in [0.15, 0.2) is 17.5 Å². The highest BCUT2D eigenvalue weighted by Crippen LogP contribution is 2.47. The molecule has 3 rings (SSSR count). The molecule has 0 aliphatic carbocycles. The normalized spacial score (nSPS) is 30.1. The van der Waals surface area contributed by atoms with E-state index >= 15 is 0 Å². The Hall–Kier alpha value is -0.0262. The summed E-state index contributed by atoms with van der Waals surface area (Å²) in [5.74, 6) is 0. The average molecular weight is 442 g/mol. The van der Waals surface area contributed by atoms with Gasteiger partial charge in [-0.05, 0) is 40.0 Å². The minimum atomic E-state index is -2.48. The van der Waals surface area contributed by atoms with Gasteiger partial charge in [-0.1, -0.05) is 61.5 Å². The predicted octanol–water partition coefficient (Wildman–Crippen LogP) is 6.11. The maximum Gasteiger partial charge on any atom is 0.335 e. The molecule has 4 nitrogen and oxygen atoms in total. The molecule has 160 valence electrons. The van der Waals surface area contributed by atoms with Gasteiger partial charge >= 0.3 is 17.1 Å². The highest BCUT2D eigenvalue weighted by Gasteiger charge is 2.59. The first-order valence-corrected chi connectivity index (χ1v) is 15.8. The molecule has 1 aromatic rings. The van der Waals surface area contributed by atoms with Crippen LogP contribution in [0.3, 0.4) is 0 Å². The number of rotatable bonds is 5. The van der Waals surface area contributed by atoms with Gasteiger partial charge in [0.15, 0.2) is 0 Å². The molecule has 28 heavy (non-hydrogen) atoms. The maximum absolute atomic E-state index is 7.25. The molecule has 2 saturated heterocycles. The second-order valence-corrected chi connectivity index (χ2v) is 19.5. The van der Waals surface area contributed by atoms with Gasteiger partial charge < -0.3 is 18.3 Å². The summed E-state index contributed by atoms with van der Waals surface area (Å²) in [6, 6.07) is 4.97. The number of hydrogen-bond acceptors (Lipinski definition) is 5. The third-order valence-electron chi connectivity index (χ3n) is 6.58. The fourth-order valence-corrected chi connectivity index (χ4v) is 17.0. The van der Waals surface area contributed by atoms with Crippen LogP contribution in [0.4, 0.5) is 0 Å². The summed E-state index contributed by atoms with van der Waals surface area (Å²) in [6.45, 7) is 19.0. The number of nitrogens with one attached hydrogen (secondary N) is 1. The summed E-state index contributed by atoms with van der Waals surface area (Å²) in [4.78, 5) is 1.40. The standard InChI is InChI=1S/C21H39NO3SSi2/c1-14(2)27(15(3)4)23-13-19-20(12-18(22-19)21-10-9-11-26-21)24-28(25-27,16(5)6)17(7)8/h9-11,14-20,22H,12-13H2,1-8H3/t18?,19-,20-/m0/s1. The van der Waals surface area contributed by atoms with Gasteiger partial charge in [-0.25, -0.2) is 0 Å². The van der Waals surface area contributed by atoms with Gasteiger partial charge in [0.25, 0.3) is 0 Å². The zero-order valence-corrected chi connectivity index (χ0v) is 21.6. The molecule has 0 amide bonds. The third kappa shape index (κ3) is 3.96. The zero-order valence-electron chi connectivity index (χ0n) is 18.8. The topological polar surface area (TPSA) is 39.7 Å². The van der Waals surface area contributed by atoms with E-state index in [2.05, 4.69) is 78.2 Å². The lowest BCUT2D eigenvalue weighted by molar-refractivity contribution is 0.0579. The van der Waals surface area contributed by atoms with Crippen molar-refractivity contribution in [3.05, 3.63) is 22.4 Å². The van der Waals surface area contributed by atoms with Gasteiger partial charge in [-0.15, -0.1) is 11.3 Å². The molecule has 0 bridgehead atoms. The van der Waals surface area contributed by atoms with Crippen LogP contribution in [0.5, 0.6) is 0 Å². The van der Waals surface area contributed by atoms with Crippen molar-refractivity contribution in [2.24, 2.45) is 0 Å². The predicted molar refractivity (Wildman–Crippen MR) is 122 cm³/mol. The molecular formula is C21H39NO3SSi2. The molecule has 0 radical (unpaired) electrons. The lowest BCUT2D eigenvalue weighted by atomic mass is 10.1. The van der Waals surface area contributed by atoms with Gasteiger partial charge in [0.1, 0.15) is 0 Å². The summed E-state index contributed by atoms with van der Waals surface area (Å²) in [5.41, 5.74) is 1.57. The average Bonchev–Trinajstić information content (AvgIpc) is 3.23. The fraction of sp³-hybridized carbons (Fsp3) is 0.810. The van der Waals surface area contributed by atoms with Crippen molar-refractivity contribution in [1.29, 1.82) is 0 Å². The van der Waals surface area contributed by atoms with Crippen molar-refractivity contribution in [2.45, 2.75) is 102 Å². The second kappa shape index (κ2) is 8.61. The number of hydrogen-bond donors (Lipinski definition) is 1. The van der Waals surface area contributed by atoms with Gasteiger partial charge in [-0.2, -0.15) is 0 Å². The minimum Gasteiger partial charge on any atom is -0.414 e. The molecule has 2 fully saturated rings. The van der Waals surface area contributed by atoms with Crippen LogP contribution in [-0.2, 0) is 13.0 Å². The van der Waals surface area contributed by atoms with Crippen molar-refractivity contribution in [2.75, 3.05) is 6.61 Å². The molecule has 0 aromatic carbocycles. The van der Waals surface area contributed by atoms with Crippen LogP contribution in [0.2, 0.25) is 22.2 Å². The number of fused-ring (bicyclic) bond motifs is 1. The van der Waals surface area contributed by atoms with E-state index in [0.29, 0.717) is 34.8 Å². The molecule has 3 heterocycles. The Kier molecular flexibility index (Phi) is 6.97. The lowest BCUT2D eigenvalue weighted by Gasteiger charge is -2.51. The summed E-state index contributed by atoms with van der Waals surface area (Å²) < 4.78 is 21.2. The molecule has 2 aliphatic heterocycles. The van der Waals surface area contributed by atoms with Crippen LogP contribution < -0.4 is 5.32 Å². The van der Waals surface area contributed by atoms with Gasteiger partial charge in [0.05, 0.1) is 18.8 Å². The van der Waals surface area contributed by atoms with Gasteiger partial charge in [0.2, 0.25) is 0 Å². The fourth-order valence-electron chi connectivity index (χ4n) is 4.97. The second-order valence-electron chi connectivity index (χ2n) is 9.71. The smallest absolute Gasteiger partial charge is 0.335 e. The summed E-state index contributed by atoms with van der Waals surface area (Å²) in [7, 11) is -4.91. The van der Waals surface area contributed by atoms with Crippen LogP contribution in [0.1, 0.15) is 72.7 Å². The molecule has 0 saturated carbocycles. The first-order valence-electron chi connectivity index (χ1n) is 10.9.